The zero-order chi connectivity index (χ0) is 22.5. The number of hydrogen-bond donors (Lipinski definition) is 1. The summed E-state index contributed by atoms with van der Waals surface area (Å²) in [6.45, 7) is 4.13. The predicted molar refractivity (Wildman–Crippen MR) is 125 cm³/mol. The molecule has 3 rings (SSSR count). The van der Waals surface area contributed by atoms with Crippen molar-refractivity contribution < 1.29 is 19.4 Å². The van der Waals surface area contributed by atoms with Gasteiger partial charge in [0.15, 0.2) is 11.8 Å². The Labute approximate surface area is 194 Å². The number of carbonyl (C=O) groups is 2. The average molecular weight is 479 g/mol. The van der Waals surface area contributed by atoms with E-state index >= 15 is 0 Å². The maximum absolute atomic E-state index is 13.0. The molecule has 1 aliphatic rings. The Morgan fingerprint density at radius 1 is 1.23 bits per heavy atom. The number of amides is 1. The molecular weight excluding hydrogens is 459 g/mol. The fourth-order valence-corrected chi connectivity index (χ4v) is 4.14. The molecule has 1 saturated heterocycles. The first-order valence-electron chi connectivity index (χ1n) is 9.42. The van der Waals surface area contributed by atoms with E-state index in [0.29, 0.717) is 32.9 Å². The highest BCUT2D eigenvalue weighted by atomic mass is 35.5. The molecule has 31 heavy (non-hydrogen) atoms. The second-order valence-corrected chi connectivity index (χ2v) is 9.02. The molecule has 6 nitrogen and oxygen atoms in total. The highest BCUT2D eigenvalue weighted by Gasteiger charge is 2.33. The standard InChI is InChI=1S/C22H20Cl2N2O4S/c1-13(2)11-26-21(29)19(31-22(26)25-16-6-4-15(23)5-7-16)10-14-3-8-18(17(24)9-14)30-12-20(27)28/h3-10,13H,11-12H2,1-2H3,(H,27,28)/b19-10-,25-22?. The Bertz CT molecular complexity index is 1050. The number of benzene rings is 2. The van der Waals surface area contributed by atoms with Crippen LogP contribution in [-0.2, 0) is 9.59 Å². The van der Waals surface area contributed by atoms with Crippen molar-refractivity contribution in [2.45, 2.75) is 13.8 Å². The quantitative estimate of drug-likeness (QED) is 0.514. The molecule has 1 N–H and O–H groups in total. The number of aliphatic carboxylic acids is 1. The number of rotatable bonds is 7. The zero-order valence-electron chi connectivity index (χ0n) is 16.8. The molecule has 0 aliphatic carbocycles. The second-order valence-electron chi connectivity index (χ2n) is 7.16. The van der Waals surface area contributed by atoms with E-state index in [1.54, 1.807) is 53.4 Å². The van der Waals surface area contributed by atoms with Gasteiger partial charge in [-0.1, -0.05) is 43.1 Å². The fraction of sp³-hybridized carbons (Fsp3) is 0.227. The number of hydrogen-bond acceptors (Lipinski definition) is 5. The molecule has 2 aromatic rings. The number of carbonyl (C=O) groups excluding carboxylic acids is 1. The summed E-state index contributed by atoms with van der Waals surface area (Å²) < 4.78 is 5.14. The predicted octanol–water partition coefficient (Wildman–Crippen LogP) is 5.72. The van der Waals surface area contributed by atoms with Gasteiger partial charge in [-0.3, -0.25) is 9.69 Å². The summed E-state index contributed by atoms with van der Waals surface area (Å²) >= 11 is 13.4. The number of halogens is 2. The first kappa shape index (κ1) is 23.2. The Morgan fingerprint density at radius 3 is 2.55 bits per heavy atom. The van der Waals surface area contributed by atoms with Gasteiger partial charge in [-0.2, -0.15) is 0 Å². The van der Waals surface area contributed by atoms with E-state index in [1.807, 2.05) is 13.8 Å². The van der Waals surface area contributed by atoms with Crippen LogP contribution in [0.4, 0.5) is 5.69 Å². The monoisotopic (exact) mass is 478 g/mol. The van der Waals surface area contributed by atoms with Crippen molar-refractivity contribution in [3.8, 4) is 5.75 Å². The molecule has 0 spiro atoms. The fourth-order valence-electron chi connectivity index (χ4n) is 2.76. The Kier molecular flexibility index (Phi) is 7.64. The van der Waals surface area contributed by atoms with Gasteiger partial charge < -0.3 is 9.84 Å². The highest BCUT2D eigenvalue weighted by Crippen LogP contribution is 2.36. The van der Waals surface area contributed by atoms with Crippen LogP contribution < -0.4 is 4.74 Å². The number of aliphatic imine (C=N–C) groups is 1. The van der Waals surface area contributed by atoms with Crippen molar-refractivity contribution in [2.75, 3.05) is 13.2 Å². The Hall–Kier alpha value is -2.48. The summed E-state index contributed by atoms with van der Waals surface area (Å²) in [4.78, 5) is 30.5. The van der Waals surface area contributed by atoms with Crippen LogP contribution in [-0.4, -0.2) is 40.2 Å². The Morgan fingerprint density at radius 2 is 1.94 bits per heavy atom. The molecule has 1 heterocycles. The maximum atomic E-state index is 13.0. The van der Waals surface area contributed by atoms with Gasteiger partial charge in [0.2, 0.25) is 0 Å². The van der Waals surface area contributed by atoms with Crippen LogP contribution in [0.3, 0.4) is 0 Å². The number of carboxylic acid groups (broad SMARTS) is 1. The summed E-state index contributed by atoms with van der Waals surface area (Å²) in [7, 11) is 0. The summed E-state index contributed by atoms with van der Waals surface area (Å²) in [5, 5.41) is 10.2. The van der Waals surface area contributed by atoms with Crippen molar-refractivity contribution in [2.24, 2.45) is 10.9 Å². The third-order valence-corrected chi connectivity index (χ3v) is 5.65. The van der Waals surface area contributed by atoms with Gasteiger partial charge in [-0.15, -0.1) is 0 Å². The molecule has 0 aromatic heterocycles. The zero-order valence-corrected chi connectivity index (χ0v) is 19.2. The van der Waals surface area contributed by atoms with Gasteiger partial charge in [0.1, 0.15) is 5.75 Å². The maximum Gasteiger partial charge on any atom is 0.341 e. The minimum absolute atomic E-state index is 0.131. The van der Waals surface area contributed by atoms with Crippen molar-refractivity contribution >= 4 is 63.8 Å². The van der Waals surface area contributed by atoms with E-state index in [1.165, 1.54) is 11.8 Å². The van der Waals surface area contributed by atoms with Crippen molar-refractivity contribution in [3.63, 3.8) is 0 Å². The minimum atomic E-state index is -1.09. The highest BCUT2D eigenvalue weighted by molar-refractivity contribution is 8.18. The molecule has 1 amide bonds. The number of ether oxygens (including phenoxy) is 1. The van der Waals surface area contributed by atoms with Gasteiger partial charge in [-0.05, 0) is 65.7 Å². The van der Waals surface area contributed by atoms with Crippen LogP contribution in [0.1, 0.15) is 19.4 Å². The molecule has 1 fully saturated rings. The number of amidine groups is 1. The van der Waals surface area contributed by atoms with Crippen molar-refractivity contribution in [1.29, 1.82) is 0 Å². The SMILES string of the molecule is CC(C)CN1C(=O)/C(=C/c2ccc(OCC(=O)O)c(Cl)c2)SC1=Nc1ccc(Cl)cc1. The molecule has 162 valence electrons. The van der Waals surface area contributed by atoms with Crippen LogP contribution in [0.2, 0.25) is 10.0 Å². The number of nitrogens with zero attached hydrogens (tertiary/aromatic N) is 2. The lowest BCUT2D eigenvalue weighted by molar-refractivity contribution is -0.139. The normalized spacial score (nSPS) is 16.5. The summed E-state index contributed by atoms with van der Waals surface area (Å²) in [6, 6.07) is 12.0. The number of thioether (sulfide) groups is 1. The molecule has 2 aromatic carbocycles. The van der Waals surface area contributed by atoms with Crippen molar-refractivity contribution in [3.05, 3.63) is 63.0 Å². The van der Waals surface area contributed by atoms with Crippen LogP contribution >= 0.6 is 35.0 Å². The van der Waals surface area contributed by atoms with Crippen molar-refractivity contribution in [1.82, 2.24) is 4.90 Å². The second kappa shape index (κ2) is 10.2. The molecule has 0 radical (unpaired) electrons. The molecular formula is C22H20Cl2N2O4S. The largest absolute Gasteiger partial charge is 0.480 e. The molecule has 0 atom stereocenters. The van der Waals surface area contributed by atoms with Crippen LogP contribution in [0.5, 0.6) is 5.75 Å². The molecule has 0 bridgehead atoms. The van der Waals surface area contributed by atoms with Gasteiger partial charge in [0.05, 0.1) is 15.6 Å². The Balaban J connectivity index is 1.88. The lowest BCUT2D eigenvalue weighted by Gasteiger charge is -2.17. The first-order chi connectivity index (χ1) is 14.7. The van der Waals surface area contributed by atoms with Gasteiger partial charge in [0.25, 0.3) is 5.91 Å². The van der Waals surface area contributed by atoms with Crippen LogP contribution in [0.25, 0.3) is 6.08 Å². The van der Waals surface area contributed by atoms with Gasteiger partial charge in [-0.25, -0.2) is 9.79 Å². The topological polar surface area (TPSA) is 79.2 Å². The first-order valence-corrected chi connectivity index (χ1v) is 11.0. The molecule has 1 aliphatic heterocycles. The van der Waals surface area contributed by atoms with E-state index in [-0.39, 0.29) is 22.6 Å². The minimum Gasteiger partial charge on any atom is -0.480 e. The lowest BCUT2D eigenvalue weighted by atomic mass is 10.2. The van der Waals surface area contributed by atoms with E-state index in [0.717, 1.165) is 0 Å². The lowest BCUT2D eigenvalue weighted by Crippen LogP contribution is -2.32. The summed E-state index contributed by atoms with van der Waals surface area (Å²) in [5.74, 6) is -0.691. The van der Waals surface area contributed by atoms with E-state index < -0.39 is 12.6 Å². The third-order valence-electron chi connectivity index (χ3n) is 4.09. The molecule has 9 heteroatoms. The third kappa shape index (κ3) is 6.26. The summed E-state index contributed by atoms with van der Waals surface area (Å²) in [5.41, 5.74) is 1.40. The van der Waals surface area contributed by atoms with E-state index in [9.17, 15) is 9.59 Å². The average Bonchev–Trinajstić information content (AvgIpc) is 2.97. The van der Waals surface area contributed by atoms with E-state index in [4.69, 9.17) is 33.0 Å². The number of carboxylic acids is 1. The molecule has 0 unspecified atom stereocenters. The van der Waals surface area contributed by atoms with Crippen LogP contribution in [0.15, 0.2) is 52.4 Å². The smallest absolute Gasteiger partial charge is 0.341 e. The van der Waals surface area contributed by atoms with Gasteiger partial charge >= 0.3 is 5.97 Å². The van der Waals surface area contributed by atoms with Gasteiger partial charge in [0, 0.05) is 11.6 Å². The summed E-state index contributed by atoms with van der Waals surface area (Å²) in [6.07, 6.45) is 1.73. The van der Waals surface area contributed by atoms with Crippen LogP contribution in [0, 0.1) is 5.92 Å². The molecule has 0 saturated carbocycles. The van der Waals surface area contributed by atoms with E-state index in [2.05, 4.69) is 4.99 Å².